The van der Waals surface area contributed by atoms with E-state index in [0.29, 0.717) is 15.7 Å². The zero-order valence-electron chi connectivity index (χ0n) is 9.58. The first-order valence-corrected chi connectivity index (χ1v) is 6.04. The Morgan fingerprint density at radius 3 is 2.32 bits per heavy atom. The fourth-order valence-electron chi connectivity index (χ4n) is 1.51. The minimum atomic E-state index is -0.567. The highest BCUT2D eigenvalue weighted by Crippen LogP contribution is 2.23. The highest BCUT2D eigenvalue weighted by atomic mass is 35.5. The molecule has 0 spiro atoms. The molecule has 3 nitrogen and oxygen atoms in total. The van der Waals surface area contributed by atoms with E-state index >= 15 is 0 Å². The number of carbonyl (C=O) groups is 1. The smallest absolute Gasteiger partial charge is 0.255 e. The lowest BCUT2D eigenvalue weighted by Crippen LogP contribution is -2.12. The van der Waals surface area contributed by atoms with Crippen LogP contribution in [0.2, 0.25) is 10.0 Å². The number of amides is 1. The molecule has 0 saturated heterocycles. The minimum absolute atomic E-state index is 0.0863. The molecule has 19 heavy (non-hydrogen) atoms. The second-order valence-electron chi connectivity index (χ2n) is 3.85. The third kappa shape index (κ3) is 3.36. The second kappa shape index (κ2) is 5.47. The summed E-state index contributed by atoms with van der Waals surface area (Å²) < 4.78 is 13.0. The molecule has 1 amide bonds. The lowest BCUT2D eigenvalue weighted by molar-refractivity contribution is 0.102. The Labute approximate surface area is 119 Å². The topological polar surface area (TPSA) is 55.1 Å². The maximum atomic E-state index is 13.0. The van der Waals surface area contributed by atoms with Crippen molar-refractivity contribution in [3.05, 3.63) is 57.8 Å². The molecule has 0 aliphatic rings. The molecule has 0 radical (unpaired) electrons. The zero-order valence-corrected chi connectivity index (χ0v) is 11.1. The third-order valence-electron chi connectivity index (χ3n) is 2.38. The summed E-state index contributed by atoms with van der Waals surface area (Å²) >= 11 is 11.6. The van der Waals surface area contributed by atoms with E-state index in [2.05, 4.69) is 5.32 Å². The molecule has 2 aromatic carbocycles. The van der Waals surface area contributed by atoms with E-state index in [4.69, 9.17) is 28.9 Å². The average molecular weight is 299 g/mol. The molecule has 0 atom stereocenters. The number of hydrogen-bond donors (Lipinski definition) is 2. The van der Waals surface area contributed by atoms with Crippen molar-refractivity contribution in [1.82, 2.24) is 0 Å². The van der Waals surface area contributed by atoms with Crippen LogP contribution in [0.25, 0.3) is 0 Å². The van der Waals surface area contributed by atoms with Crippen molar-refractivity contribution in [3.63, 3.8) is 0 Å². The average Bonchev–Trinajstić information content (AvgIpc) is 2.31. The molecule has 2 aromatic rings. The number of anilines is 2. The summed E-state index contributed by atoms with van der Waals surface area (Å²) in [4.78, 5) is 11.9. The summed E-state index contributed by atoms with van der Waals surface area (Å²) in [6.45, 7) is 0. The van der Waals surface area contributed by atoms with Crippen LogP contribution < -0.4 is 11.1 Å². The molecule has 0 aliphatic carbocycles. The van der Waals surface area contributed by atoms with Gasteiger partial charge in [-0.3, -0.25) is 4.79 Å². The number of nitrogen functional groups attached to an aromatic ring is 1. The van der Waals surface area contributed by atoms with Gasteiger partial charge in [-0.1, -0.05) is 23.2 Å². The molecule has 98 valence electrons. The number of nitrogens with one attached hydrogen (secondary N) is 1. The molecule has 0 saturated carbocycles. The normalized spacial score (nSPS) is 10.3. The van der Waals surface area contributed by atoms with Gasteiger partial charge in [-0.2, -0.15) is 0 Å². The Morgan fingerprint density at radius 1 is 1.11 bits per heavy atom. The van der Waals surface area contributed by atoms with E-state index in [9.17, 15) is 9.18 Å². The molecule has 0 fully saturated rings. The largest absolute Gasteiger partial charge is 0.396 e. The van der Waals surface area contributed by atoms with Crippen molar-refractivity contribution in [3.8, 4) is 0 Å². The standard InChI is InChI=1S/C13H9Cl2FN2O/c14-8-4-9(15)6-10(5-8)18-13(19)7-1-2-11(16)12(17)3-7/h1-6H,17H2,(H,18,19). The minimum Gasteiger partial charge on any atom is -0.396 e. The summed E-state index contributed by atoms with van der Waals surface area (Å²) in [5, 5.41) is 3.41. The van der Waals surface area contributed by atoms with Crippen LogP contribution in [0.4, 0.5) is 15.8 Å². The summed E-state index contributed by atoms with van der Waals surface area (Å²) in [7, 11) is 0. The van der Waals surface area contributed by atoms with E-state index in [1.54, 1.807) is 18.2 Å². The molecule has 0 aromatic heterocycles. The summed E-state index contributed by atoms with van der Waals surface area (Å²) in [6, 6.07) is 8.39. The van der Waals surface area contributed by atoms with Crippen LogP contribution in [0.3, 0.4) is 0 Å². The summed E-state index contributed by atoms with van der Waals surface area (Å²) in [5.41, 5.74) is 6.01. The Morgan fingerprint density at radius 2 is 1.74 bits per heavy atom. The van der Waals surface area contributed by atoms with Gasteiger partial charge in [-0.25, -0.2) is 4.39 Å². The maximum absolute atomic E-state index is 13.0. The van der Waals surface area contributed by atoms with Crippen molar-refractivity contribution in [2.45, 2.75) is 0 Å². The first-order valence-electron chi connectivity index (χ1n) is 5.28. The van der Waals surface area contributed by atoms with E-state index in [1.165, 1.54) is 12.1 Å². The van der Waals surface area contributed by atoms with Gasteiger partial charge in [-0.15, -0.1) is 0 Å². The lowest BCUT2D eigenvalue weighted by Gasteiger charge is -2.07. The number of benzene rings is 2. The SMILES string of the molecule is Nc1cc(C(=O)Nc2cc(Cl)cc(Cl)c2)ccc1F. The monoisotopic (exact) mass is 298 g/mol. The van der Waals surface area contributed by atoms with E-state index in [0.717, 1.165) is 6.07 Å². The van der Waals surface area contributed by atoms with Crippen LogP contribution in [-0.4, -0.2) is 5.91 Å². The Bertz CT molecular complexity index is 626. The van der Waals surface area contributed by atoms with Crippen molar-refractivity contribution in [1.29, 1.82) is 0 Å². The predicted molar refractivity (Wildman–Crippen MR) is 75.2 cm³/mol. The highest BCUT2D eigenvalue weighted by Gasteiger charge is 2.09. The van der Waals surface area contributed by atoms with E-state index in [1.807, 2.05) is 0 Å². The predicted octanol–water partition coefficient (Wildman–Crippen LogP) is 3.97. The van der Waals surface area contributed by atoms with Gasteiger partial charge in [0.05, 0.1) is 5.69 Å². The van der Waals surface area contributed by atoms with Gasteiger partial charge >= 0.3 is 0 Å². The number of hydrogen-bond acceptors (Lipinski definition) is 2. The van der Waals surface area contributed by atoms with E-state index in [-0.39, 0.29) is 11.3 Å². The van der Waals surface area contributed by atoms with Gasteiger partial charge in [0.25, 0.3) is 5.91 Å². The van der Waals surface area contributed by atoms with Gasteiger partial charge in [0.1, 0.15) is 5.82 Å². The third-order valence-corrected chi connectivity index (χ3v) is 2.82. The van der Waals surface area contributed by atoms with Crippen LogP contribution in [0.15, 0.2) is 36.4 Å². The van der Waals surface area contributed by atoms with Crippen LogP contribution in [0, 0.1) is 5.82 Å². The number of halogens is 3. The van der Waals surface area contributed by atoms with Crippen LogP contribution >= 0.6 is 23.2 Å². The molecule has 6 heteroatoms. The maximum Gasteiger partial charge on any atom is 0.255 e. The molecule has 0 heterocycles. The zero-order chi connectivity index (χ0) is 14.0. The molecule has 2 rings (SSSR count). The summed E-state index contributed by atoms with van der Waals surface area (Å²) in [6.07, 6.45) is 0. The number of rotatable bonds is 2. The lowest BCUT2D eigenvalue weighted by atomic mass is 10.2. The molecular formula is C13H9Cl2FN2O. The summed E-state index contributed by atoms with van der Waals surface area (Å²) in [5.74, 6) is -0.993. The van der Waals surface area contributed by atoms with E-state index < -0.39 is 11.7 Å². The molecule has 3 N–H and O–H groups in total. The van der Waals surface area contributed by atoms with Crippen molar-refractivity contribution in [2.24, 2.45) is 0 Å². The van der Waals surface area contributed by atoms with Gasteiger partial charge in [0.15, 0.2) is 0 Å². The van der Waals surface area contributed by atoms with Gasteiger partial charge in [0, 0.05) is 21.3 Å². The van der Waals surface area contributed by atoms with Crippen molar-refractivity contribution < 1.29 is 9.18 Å². The molecule has 0 unspecified atom stereocenters. The molecule has 0 bridgehead atoms. The van der Waals surface area contributed by atoms with Gasteiger partial charge in [-0.05, 0) is 36.4 Å². The number of nitrogens with two attached hydrogens (primary N) is 1. The van der Waals surface area contributed by atoms with Crippen molar-refractivity contribution in [2.75, 3.05) is 11.1 Å². The first-order chi connectivity index (χ1) is 8.95. The Kier molecular flexibility index (Phi) is 3.93. The van der Waals surface area contributed by atoms with Crippen LogP contribution in [0.5, 0.6) is 0 Å². The van der Waals surface area contributed by atoms with Gasteiger partial charge < -0.3 is 11.1 Å². The molecular weight excluding hydrogens is 290 g/mol. The fraction of sp³-hybridized carbons (Fsp3) is 0. The highest BCUT2D eigenvalue weighted by molar-refractivity contribution is 6.35. The van der Waals surface area contributed by atoms with Crippen LogP contribution in [-0.2, 0) is 0 Å². The number of carbonyl (C=O) groups excluding carboxylic acids is 1. The second-order valence-corrected chi connectivity index (χ2v) is 4.72. The quantitative estimate of drug-likeness (QED) is 0.824. The first kappa shape index (κ1) is 13.6. The Hall–Kier alpha value is -1.78. The van der Waals surface area contributed by atoms with Gasteiger partial charge in [0.2, 0.25) is 0 Å². The van der Waals surface area contributed by atoms with Crippen molar-refractivity contribution >= 4 is 40.5 Å². The van der Waals surface area contributed by atoms with Crippen LogP contribution in [0.1, 0.15) is 10.4 Å². The fourth-order valence-corrected chi connectivity index (χ4v) is 2.04. The Balaban J connectivity index is 2.22. The molecule has 0 aliphatic heterocycles.